The average molecular weight is 262 g/mol. The number of anilines is 1. The molecule has 2 fully saturated rings. The maximum atomic E-state index is 12.4. The SMILES string of the molecule is CCc1nn(C)cc1NC(=O)N1CC[C@H]2CCC[C@@H]21. The molecule has 1 N–H and O–H groups in total. The Kier molecular flexibility index (Phi) is 3.21. The number of rotatable bonds is 2. The molecule has 0 unspecified atom stereocenters. The molecule has 1 saturated carbocycles. The first-order chi connectivity index (χ1) is 9.19. The molecule has 5 heteroatoms. The van der Waals surface area contributed by atoms with Gasteiger partial charge in [-0.25, -0.2) is 4.79 Å². The summed E-state index contributed by atoms with van der Waals surface area (Å²) in [5, 5.41) is 7.40. The molecule has 1 saturated heterocycles. The van der Waals surface area contributed by atoms with Crippen molar-refractivity contribution in [3.05, 3.63) is 11.9 Å². The van der Waals surface area contributed by atoms with Crippen molar-refractivity contribution in [2.75, 3.05) is 11.9 Å². The van der Waals surface area contributed by atoms with E-state index in [0.29, 0.717) is 6.04 Å². The number of amides is 2. The molecule has 1 aromatic heterocycles. The quantitative estimate of drug-likeness (QED) is 0.889. The molecule has 1 aliphatic carbocycles. The Hall–Kier alpha value is -1.52. The molecule has 0 radical (unpaired) electrons. The van der Waals surface area contributed by atoms with Crippen molar-refractivity contribution in [3.8, 4) is 0 Å². The number of fused-ring (bicyclic) bond motifs is 1. The Balaban J connectivity index is 1.71. The summed E-state index contributed by atoms with van der Waals surface area (Å²) >= 11 is 0. The van der Waals surface area contributed by atoms with Crippen molar-refractivity contribution >= 4 is 11.7 Å². The maximum Gasteiger partial charge on any atom is 0.322 e. The summed E-state index contributed by atoms with van der Waals surface area (Å²) in [7, 11) is 1.89. The Morgan fingerprint density at radius 3 is 3.11 bits per heavy atom. The molecule has 2 amide bonds. The van der Waals surface area contributed by atoms with Gasteiger partial charge in [-0.1, -0.05) is 13.3 Å². The fraction of sp³-hybridized carbons (Fsp3) is 0.714. The molecule has 2 atom stereocenters. The van der Waals surface area contributed by atoms with E-state index in [4.69, 9.17) is 0 Å². The second-order valence-corrected chi connectivity index (χ2v) is 5.69. The minimum Gasteiger partial charge on any atom is -0.321 e. The first-order valence-electron chi connectivity index (χ1n) is 7.29. The lowest BCUT2D eigenvalue weighted by Gasteiger charge is -2.24. The summed E-state index contributed by atoms with van der Waals surface area (Å²) in [6, 6.07) is 0.527. The third-order valence-corrected chi connectivity index (χ3v) is 4.50. The van der Waals surface area contributed by atoms with Crippen molar-refractivity contribution in [1.82, 2.24) is 14.7 Å². The van der Waals surface area contributed by atoms with Gasteiger partial charge in [-0.15, -0.1) is 0 Å². The molecule has 5 nitrogen and oxygen atoms in total. The smallest absolute Gasteiger partial charge is 0.321 e. The van der Waals surface area contributed by atoms with Gasteiger partial charge in [-0.2, -0.15) is 5.10 Å². The number of carbonyl (C=O) groups excluding carboxylic acids is 1. The first kappa shape index (κ1) is 12.5. The third-order valence-electron chi connectivity index (χ3n) is 4.50. The van der Waals surface area contributed by atoms with Gasteiger partial charge in [0, 0.05) is 25.8 Å². The molecule has 0 aromatic carbocycles. The number of hydrogen-bond acceptors (Lipinski definition) is 2. The van der Waals surface area contributed by atoms with E-state index in [1.807, 2.05) is 18.1 Å². The van der Waals surface area contributed by atoms with E-state index in [0.717, 1.165) is 30.3 Å². The van der Waals surface area contributed by atoms with Gasteiger partial charge in [-0.05, 0) is 31.6 Å². The summed E-state index contributed by atoms with van der Waals surface area (Å²) in [6.07, 6.45) is 7.63. The minimum absolute atomic E-state index is 0.0529. The highest BCUT2D eigenvalue weighted by molar-refractivity contribution is 5.90. The van der Waals surface area contributed by atoms with Crippen molar-refractivity contribution in [2.45, 2.75) is 45.1 Å². The topological polar surface area (TPSA) is 50.2 Å². The van der Waals surface area contributed by atoms with Crippen LogP contribution in [0.15, 0.2) is 6.20 Å². The molecular formula is C14H22N4O. The van der Waals surface area contributed by atoms with Gasteiger partial charge in [0.2, 0.25) is 0 Å². The number of nitrogens with zero attached hydrogens (tertiary/aromatic N) is 3. The van der Waals surface area contributed by atoms with E-state index < -0.39 is 0 Å². The highest BCUT2D eigenvalue weighted by Crippen LogP contribution is 2.37. The lowest BCUT2D eigenvalue weighted by molar-refractivity contribution is 0.203. The monoisotopic (exact) mass is 262 g/mol. The van der Waals surface area contributed by atoms with E-state index >= 15 is 0 Å². The molecule has 19 heavy (non-hydrogen) atoms. The second kappa shape index (κ2) is 4.87. The van der Waals surface area contributed by atoms with Gasteiger partial charge in [-0.3, -0.25) is 4.68 Å². The molecule has 1 aliphatic heterocycles. The predicted molar refractivity (Wildman–Crippen MR) is 74.1 cm³/mol. The highest BCUT2D eigenvalue weighted by atomic mass is 16.2. The molecular weight excluding hydrogens is 240 g/mol. The maximum absolute atomic E-state index is 12.4. The van der Waals surface area contributed by atoms with Crippen LogP contribution in [0.25, 0.3) is 0 Å². The zero-order valence-corrected chi connectivity index (χ0v) is 11.7. The number of likely N-dealkylation sites (tertiary alicyclic amines) is 1. The molecule has 2 heterocycles. The molecule has 0 spiro atoms. The lowest BCUT2D eigenvalue weighted by Crippen LogP contribution is -2.39. The number of aromatic nitrogens is 2. The summed E-state index contributed by atoms with van der Waals surface area (Å²) in [4.78, 5) is 14.4. The van der Waals surface area contributed by atoms with Crippen LogP contribution < -0.4 is 5.32 Å². The van der Waals surface area contributed by atoms with Crippen LogP contribution in [0.1, 0.15) is 38.3 Å². The van der Waals surface area contributed by atoms with E-state index in [-0.39, 0.29) is 6.03 Å². The first-order valence-corrected chi connectivity index (χ1v) is 7.29. The van der Waals surface area contributed by atoms with Crippen LogP contribution in [0.2, 0.25) is 0 Å². The summed E-state index contributed by atoms with van der Waals surface area (Å²) in [6.45, 7) is 2.96. The Bertz CT molecular complexity index is 482. The van der Waals surface area contributed by atoms with Gasteiger partial charge in [0.15, 0.2) is 0 Å². The molecule has 1 aromatic rings. The van der Waals surface area contributed by atoms with Crippen molar-refractivity contribution in [2.24, 2.45) is 13.0 Å². The van der Waals surface area contributed by atoms with Crippen LogP contribution in [-0.2, 0) is 13.5 Å². The number of urea groups is 1. The van der Waals surface area contributed by atoms with Crippen LogP contribution >= 0.6 is 0 Å². The number of hydrogen-bond donors (Lipinski definition) is 1. The fourth-order valence-electron chi connectivity index (χ4n) is 3.57. The summed E-state index contributed by atoms with van der Waals surface area (Å²) in [5.74, 6) is 0.741. The Morgan fingerprint density at radius 2 is 2.32 bits per heavy atom. The highest BCUT2D eigenvalue weighted by Gasteiger charge is 2.39. The summed E-state index contributed by atoms with van der Waals surface area (Å²) < 4.78 is 1.76. The zero-order chi connectivity index (χ0) is 13.4. The standard InChI is InChI=1S/C14H22N4O/c1-3-11-12(9-17(2)16-11)15-14(19)18-8-7-10-5-4-6-13(10)18/h9-10,13H,3-8H2,1-2H3,(H,15,19)/t10-,13+/m1/s1. The molecule has 2 aliphatic rings. The average Bonchev–Trinajstić information content (AvgIpc) is 3.03. The van der Waals surface area contributed by atoms with Crippen molar-refractivity contribution < 1.29 is 4.79 Å². The van der Waals surface area contributed by atoms with Crippen LogP contribution in [0.5, 0.6) is 0 Å². The third kappa shape index (κ3) is 2.22. The normalized spacial score (nSPS) is 25.7. The van der Waals surface area contributed by atoms with Crippen LogP contribution in [0.3, 0.4) is 0 Å². The van der Waals surface area contributed by atoms with E-state index in [1.165, 1.54) is 25.7 Å². The van der Waals surface area contributed by atoms with Gasteiger partial charge < -0.3 is 10.2 Å². The van der Waals surface area contributed by atoms with E-state index in [2.05, 4.69) is 17.3 Å². The molecule has 3 rings (SSSR count). The molecule has 104 valence electrons. The van der Waals surface area contributed by atoms with E-state index in [1.54, 1.807) is 4.68 Å². The Morgan fingerprint density at radius 1 is 1.47 bits per heavy atom. The fourth-order valence-corrected chi connectivity index (χ4v) is 3.57. The number of carbonyl (C=O) groups is 1. The van der Waals surface area contributed by atoms with E-state index in [9.17, 15) is 4.79 Å². The summed E-state index contributed by atoms with van der Waals surface area (Å²) in [5.41, 5.74) is 1.81. The van der Waals surface area contributed by atoms with Gasteiger partial charge in [0.05, 0.1) is 11.4 Å². The van der Waals surface area contributed by atoms with Crippen molar-refractivity contribution in [1.29, 1.82) is 0 Å². The second-order valence-electron chi connectivity index (χ2n) is 5.69. The van der Waals surface area contributed by atoms with Crippen molar-refractivity contribution in [3.63, 3.8) is 0 Å². The Labute approximate surface area is 114 Å². The van der Waals surface area contributed by atoms with Gasteiger partial charge >= 0.3 is 6.03 Å². The minimum atomic E-state index is 0.0529. The van der Waals surface area contributed by atoms with Crippen LogP contribution in [-0.4, -0.2) is 33.3 Å². The van der Waals surface area contributed by atoms with Gasteiger partial charge in [0.25, 0.3) is 0 Å². The number of aryl methyl sites for hydroxylation is 2. The number of nitrogens with one attached hydrogen (secondary N) is 1. The predicted octanol–water partition coefficient (Wildman–Crippen LogP) is 2.39. The lowest BCUT2D eigenvalue weighted by atomic mass is 10.1. The largest absolute Gasteiger partial charge is 0.322 e. The van der Waals surface area contributed by atoms with Crippen LogP contribution in [0.4, 0.5) is 10.5 Å². The molecule has 0 bridgehead atoms. The van der Waals surface area contributed by atoms with Gasteiger partial charge in [0.1, 0.15) is 0 Å². The zero-order valence-electron chi connectivity index (χ0n) is 11.7. The van der Waals surface area contributed by atoms with Crippen LogP contribution in [0, 0.1) is 5.92 Å².